The summed E-state index contributed by atoms with van der Waals surface area (Å²) in [6.45, 7) is 3.68. The molecule has 0 radical (unpaired) electrons. The lowest BCUT2D eigenvalue weighted by Gasteiger charge is -2.24. The Balaban J connectivity index is 2.22. The topological polar surface area (TPSA) is 81.1 Å². The number of sulfone groups is 1. The second-order valence-corrected chi connectivity index (χ2v) is 7.92. The van der Waals surface area contributed by atoms with Crippen LogP contribution in [0.4, 0.5) is 5.69 Å². The second kappa shape index (κ2) is 5.73. The van der Waals surface area contributed by atoms with Crippen molar-refractivity contribution in [3.05, 3.63) is 21.6 Å². The molecule has 8 heteroatoms. The highest BCUT2D eigenvalue weighted by molar-refractivity contribution is 7.91. The fourth-order valence-corrected chi connectivity index (χ4v) is 4.10. The van der Waals surface area contributed by atoms with Crippen LogP contribution < -0.4 is 10.9 Å². The predicted molar refractivity (Wildman–Crippen MR) is 79.2 cm³/mol. The SMILES string of the molecule is CC(C)n1ncc(NC2CCCS(=O)(=O)C2)c(Cl)c1=O. The van der Waals surface area contributed by atoms with Crippen LogP contribution in [0.2, 0.25) is 5.02 Å². The van der Waals surface area contributed by atoms with Gasteiger partial charge in [0, 0.05) is 6.04 Å². The average molecular weight is 320 g/mol. The van der Waals surface area contributed by atoms with E-state index in [1.54, 1.807) is 0 Å². The van der Waals surface area contributed by atoms with Gasteiger partial charge in [-0.05, 0) is 26.7 Å². The van der Waals surface area contributed by atoms with Gasteiger partial charge < -0.3 is 5.32 Å². The Kier molecular flexibility index (Phi) is 4.39. The van der Waals surface area contributed by atoms with Crippen LogP contribution in [0.1, 0.15) is 32.7 Å². The number of rotatable bonds is 3. The minimum atomic E-state index is -3.01. The van der Waals surface area contributed by atoms with Crippen molar-refractivity contribution in [2.45, 2.75) is 38.8 Å². The molecule has 1 aromatic heterocycles. The number of hydrogen-bond donors (Lipinski definition) is 1. The molecular weight excluding hydrogens is 302 g/mol. The van der Waals surface area contributed by atoms with Crippen molar-refractivity contribution in [1.29, 1.82) is 0 Å². The van der Waals surface area contributed by atoms with Gasteiger partial charge in [-0.15, -0.1) is 0 Å². The van der Waals surface area contributed by atoms with Gasteiger partial charge in [-0.3, -0.25) is 4.79 Å². The Bertz CT molecular complexity index is 654. The lowest BCUT2D eigenvalue weighted by molar-refractivity contribution is 0.502. The lowest BCUT2D eigenvalue weighted by Crippen LogP contribution is -2.36. The third kappa shape index (κ3) is 3.32. The fourth-order valence-electron chi connectivity index (χ4n) is 2.27. The molecule has 0 amide bonds. The molecule has 0 spiro atoms. The molecule has 1 N–H and O–H groups in total. The largest absolute Gasteiger partial charge is 0.379 e. The Morgan fingerprint density at radius 1 is 1.50 bits per heavy atom. The molecule has 112 valence electrons. The van der Waals surface area contributed by atoms with Gasteiger partial charge in [0.05, 0.1) is 29.4 Å². The van der Waals surface area contributed by atoms with Crippen molar-refractivity contribution in [2.75, 3.05) is 16.8 Å². The Labute approximate surface area is 123 Å². The molecule has 1 atom stereocenters. The van der Waals surface area contributed by atoms with Crippen molar-refractivity contribution in [2.24, 2.45) is 0 Å². The van der Waals surface area contributed by atoms with E-state index in [1.807, 2.05) is 13.8 Å². The van der Waals surface area contributed by atoms with E-state index in [0.29, 0.717) is 12.1 Å². The third-order valence-corrected chi connectivity index (χ3v) is 5.44. The van der Waals surface area contributed by atoms with Crippen LogP contribution >= 0.6 is 11.6 Å². The van der Waals surface area contributed by atoms with E-state index in [9.17, 15) is 13.2 Å². The molecule has 20 heavy (non-hydrogen) atoms. The van der Waals surface area contributed by atoms with Gasteiger partial charge >= 0.3 is 0 Å². The summed E-state index contributed by atoms with van der Waals surface area (Å²) in [4.78, 5) is 12.0. The first-order chi connectivity index (χ1) is 9.30. The van der Waals surface area contributed by atoms with Crippen LogP contribution in [-0.2, 0) is 9.84 Å². The Hall–Kier alpha value is -1.08. The zero-order valence-corrected chi connectivity index (χ0v) is 13.0. The lowest BCUT2D eigenvalue weighted by atomic mass is 10.2. The molecule has 0 aromatic carbocycles. The first-order valence-electron chi connectivity index (χ1n) is 6.54. The summed E-state index contributed by atoms with van der Waals surface area (Å²) < 4.78 is 24.5. The summed E-state index contributed by atoms with van der Waals surface area (Å²) >= 11 is 6.05. The molecule has 2 heterocycles. The summed E-state index contributed by atoms with van der Waals surface area (Å²) in [5.74, 6) is 0.294. The fraction of sp³-hybridized carbons (Fsp3) is 0.667. The van der Waals surface area contributed by atoms with E-state index < -0.39 is 9.84 Å². The first kappa shape index (κ1) is 15.3. The summed E-state index contributed by atoms with van der Waals surface area (Å²) in [5, 5.41) is 7.13. The van der Waals surface area contributed by atoms with Crippen LogP contribution in [0.3, 0.4) is 0 Å². The van der Waals surface area contributed by atoms with Crippen LogP contribution in [0.25, 0.3) is 0 Å². The normalized spacial score (nSPS) is 21.9. The molecule has 2 rings (SSSR count). The molecule has 6 nitrogen and oxygen atoms in total. The molecule has 1 aliphatic heterocycles. The van der Waals surface area contributed by atoms with Crippen molar-refractivity contribution in [1.82, 2.24) is 9.78 Å². The standard InChI is InChI=1S/C12H18ClN3O3S/c1-8(2)16-12(17)11(13)10(6-14-16)15-9-4-3-5-20(18,19)7-9/h6,8-9,15H,3-5,7H2,1-2H3. The Morgan fingerprint density at radius 2 is 2.20 bits per heavy atom. The maximum atomic E-state index is 12.0. The summed E-state index contributed by atoms with van der Waals surface area (Å²) in [6.07, 6.45) is 2.84. The summed E-state index contributed by atoms with van der Waals surface area (Å²) in [5.41, 5.74) is 0.0287. The van der Waals surface area contributed by atoms with Crippen molar-refractivity contribution < 1.29 is 8.42 Å². The molecule has 1 aromatic rings. The van der Waals surface area contributed by atoms with Crippen molar-refractivity contribution in [3.8, 4) is 0 Å². The second-order valence-electron chi connectivity index (χ2n) is 5.31. The minimum Gasteiger partial charge on any atom is -0.379 e. The van der Waals surface area contributed by atoms with E-state index in [2.05, 4.69) is 10.4 Å². The Morgan fingerprint density at radius 3 is 2.80 bits per heavy atom. The number of nitrogens with one attached hydrogen (secondary N) is 1. The molecule has 1 aliphatic rings. The first-order valence-corrected chi connectivity index (χ1v) is 8.74. The number of halogens is 1. The van der Waals surface area contributed by atoms with Crippen LogP contribution in [-0.4, -0.2) is 35.7 Å². The maximum Gasteiger partial charge on any atom is 0.287 e. The van der Waals surface area contributed by atoms with Gasteiger partial charge in [-0.25, -0.2) is 13.1 Å². The van der Waals surface area contributed by atoms with Crippen molar-refractivity contribution >= 4 is 27.1 Å². The van der Waals surface area contributed by atoms with Crippen LogP contribution in [0.5, 0.6) is 0 Å². The van der Waals surface area contributed by atoms with Crippen LogP contribution in [0.15, 0.2) is 11.0 Å². The number of anilines is 1. The molecule has 1 saturated heterocycles. The molecule has 0 bridgehead atoms. The van der Waals surface area contributed by atoms with Gasteiger partial charge in [0.1, 0.15) is 5.02 Å². The number of nitrogens with zero attached hydrogens (tertiary/aromatic N) is 2. The minimum absolute atomic E-state index is 0.0525. The molecular formula is C12H18ClN3O3S. The van der Waals surface area contributed by atoms with E-state index in [0.717, 1.165) is 6.42 Å². The highest BCUT2D eigenvalue weighted by atomic mass is 35.5. The van der Waals surface area contributed by atoms with Gasteiger partial charge in [0.25, 0.3) is 5.56 Å². The summed E-state index contributed by atoms with van der Waals surface area (Å²) in [6, 6.07) is -0.300. The van der Waals surface area contributed by atoms with Gasteiger partial charge in [0.15, 0.2) is 9.84 Å². The molecule has 1 unspecified atom stereocenters. The number of hydrogen-bond acceptors (Lipinski definition) is 5. The molecule has 0 saturated carbocycles. The smallest absolute Gasteiger partial charge is 0.287 e. The van der Waals surface area contributed by atoms with E-state index in [1.165, 1.54) is 10.9 Å². The molecule has 1 fully saturated rings. The zero-order valence-electron chi connectivity index (χ0n) is 11.5. The third-order valence-electron chi connectivity index (χ3n) is 3.26. The highest BCUT2D eigenvalue weighted by Crippen LogP contribution is 2.21. The van der Waals surface area contributed by atoms with E-state index in [4.69, 9.17) is 11.6 Å². The zero-order chi connectivity index (χ0) is 14.9. The molecule has 0 aliphatic carbocycles. The van der Waals surface area contributed by atoms with Crippen molar-refractivity contribution in [3.63, 3.8) is 0 Å². The van der Waals surface area contributed by atoms with E-state index in [-0.39, 0.29) is 34.2 Å². The quantitative estimate of drug-likeness (QED) is 0.912. The number of aromatic nitrogens is 2. The summed E-state index contributed by atoms with van der Waals surface area (Å²) in [7, 11) is -3.01. The van der Waals surface area contributed by atoms with Gasteiger partial charge in [-0.1, -0.05) is 11.6 Å². The highest BCUT2D eigenvalue weighted by Gasteiger charge is 2.25. The van der Waals surface area contributed by atoms with Crippen LogP contribution in [0, 0.1) is 0 Å². The monoisotopic (exact) mass is 319 g/mol. The predicted octanol–water partition coefficient (Wildman–Crippen LogP) is 1.47. The van der Waals surface area contributed by atoms with E-state index >= 15 is 0 Å². The average Bonchev–Trinajstić information content (AvgIpc) is 2.33. The van der Waals surface area contributed by atoms with Gasteiger partial charge in [0.2, 0.25) is 0 Å². The van der Waals surface area contributed by atoms with Gasteiger partial charge in [-0.2, -0.15) is 5.10 Å². The maximum absolute atomic E-state index is 12.0.